The fourth-order valence-corrected chi connectivity index (χ4v) is 4.06. The summed E-state index contributed by atoms with van der Waals surface area (Å²) in [4.78, 5) is 9.63. The second-order valence-electron chi connectivity index (χ2n) is 7.31. The number of likely N-dealkylation sites (tertiary alicyclic amines) is 1. The van der Waals surface area contributed by atoms with Crippen molar-refractivity contribution >= 4 is 0 Å². The van der Waals surface area contributed by atoms with Crippen molar-refractivity contribution in [3.05, 3.63) is 29.6 Å². The number of aromatic nitrogens is 1. The summed E-state index contributed by atoms with van der Waals surface area (Å²) >= 11 is 0. The Balaban J connectivity index is 1.67. The van der Waals surface area contributed by atoms with Crippen LogP contribution in [0.4, 0.5) is 0 Å². The van der Waals surface area contributed by atoms with Crippen LogP contribution < -0.4 is 0 Å². The van der Waals surface area contributed by atoms with Crippen LogP contribution >= 0.6 is 0 Å². The zero-order valence-corrected chi connectivity index (χ0v) is 14.9. The van der Waals surface area contributed by atoms with Crippen LogP contribution in [0.15, 0.2) is 18.3 Å². The first kappa shape index (κ1) is 16.9. The van der Waals surface area contributed by atoms with Gasteiger partial charge in [0.25, 0.3) is 0 Å². The molecule has 2 fully saturated rings. The highest BCUT2D eigenvalue weighted by Crippen LogP contribution is 2.36. The quantitative estimate of drug-likeness (QED) is 0.854. The first-order valence-corrected chi connectivity index (χ1v) is 9.09. The third-order valence-corrected chi connectivity index (χ3v) is 5.76. The fourth-order valence-electron chi connectivity index (χ4n) is 4.06. The van der Waals surface area contributed by atoms with E-state index in [2.05, 4.69) is 41.7 Å². The minimum atomic E-state index is 0.127. The van der Waals surface area contributed by atoms with Gasteiger partial charge in [0.15, 0.2) is 0 Å². The predicted molar refractivity (Wildman–Crippen MR) is 93.5 cm³/mol. The Morgan fingerprint density at radius 3 is 2.87 bits per heavy atom. The van der Waals surface area contributed by atoms with Crippen LogP contribution in [0.2, 0.25) is 0 Å². The van der Waals surface area contributed by atoms with E-state index in [0.717, 1.165) is 39.2 Å². The van der Waals surface area contributed by atoms with E-state index < -0.39 is 0 Å². The van der Waals surface area contributed by atoms with E-state index in [1.165, 1.54) is 30.5 Å². The van der Waals surface area contributed by atoms with E-state index in [4.69, 9.17) is 4.74 Å². The third kappa shape index (κ3) is 3.93. The lowest BCUT2D eigenvalue weighted by atomic mass is 9.82. The number of rotatable bonds is 4. The van der Waals surface area contributed by atoms with Crippen LogP contribution in [-0.2, 0) is 11.3 Å². The molecule has 3 heterocycles. The highest BCUT2D eigenvalue weighted by atomic mass is 16.5. The van der Waals surface area contributed by atoms with Crippen molar-refractivity contribution in [2.45, 2.75) is 57.7 Å². The average molecular weight is 317 g/mol. The molecule has 1 spiro atoms. The lowest BCUT2D eigenvalue weighted by Crippen LogP contribution is -2.53. The van der Waals surface area contributed by atoms with E-state index in [9.17, 15) is 0 Å². The van der Waals surface area contributed by atoms with Crippen LogP contribution in [0.3, 0.4) is 0 Å². The van der Waals surface area contributed by atoms with Crippen molar-refractivity contribution in [2.24, 2.45) is 0 Å². The molecule has 0 saturated carbocycles. The Labute approximate surface area is 140 Å². The molecule has 0 aliphatic carbocycles. The van der Waals surface area contributed by atoms with Crippen LogP contribution in [-0.4, -0.2) is 59.7 Å². The summed E-state index contributed by atoms with van der Waals surface area (Å²) in [6.07, 6.45) is 6.61. The predicted octanol–water partition coefficient (Wildman–Crippen LogP) is 2.86. The van der Waals surface area contributed by atoms with Gasteiger partial charge in [-0.15, -0.1) is 0 Å². The summed E-state index contributed by atoms with van der Waals surface area (Å²) in [5, 5.41) is 0. The lowest BCUT2D eigenvalue weighted by molar-refractivity contribution is -0.131. The summed E-state index contributed by atoms with van der Waals surface area (Å²) in [6, 6.07) is 4.81. The maximum Gasteiger partial charge on any atom is 0.0721 e. The van der Waals surface area contributed by atoms with Gasteiger partial charge >= 0.3 is 0 Å². The molecule has 2 saturated heterocycles. The molecule has 1 aromatic heterocycles. The summed E-state index contributed by atoms with van der Waals surface area (Å²) in [5.41, 5.74) is 2.65. The largest absolute Gasteiger partial charge is 0.375 e. The number of hydrogen-bond acceptors (Lipinski definition) is 4. The molecule has 1 aromatic rings. The maximum absolute atomic E-state index is 6.28. The third-order valence-electron chi connectivity index (χ3n) is 5.76. The molecule has 0 N–H and O–H groups in total. The SMILES string of the molecule is CCN(Cc1ncccc1C)C1CCOC2(CCN(C)CC2)C1. The lowest BCUT2D eigenvalue weighted by Gasteiger charge is -2.48. The normalized spacial score (nSPS) is 25.1. The van der Waals surface area contributed by atoms with Crippen molar-refractivity contribution in [3.8, 4) is 0 Å². The standard InChI is InChI=1S/C19H31N3O/c1-4-22(15-18-16(2)6-5-10-20-18)17-7-13-23-19(14-17)8-11-21(3)12-9-19/h5-6,10,17H,4,7-9,11-15H2,1-3H3. The Morgan fingerprint density at radius 1 is 1.39 bits per heavy atom. The monoisotopic (exact) mass is 317 g/mol. The Hall–Kier alpha value is -0.970. The summed E-state index contributed by atoms with van der Waals surface area (Å²) in [7, 11) is 2.22. The number of nitrogens with zero attached hydrogens (tertiary/aromatic N) is 3. The van der Waals surface area contributed by atoms with Gasteiger partial charge in [0.2, 0.25) is 0 Å². The molecule has 1 unspecified atom stereocenters. The molecular weight excluding hydrogens is 286 g/mol. The van der Waals surface area contributed by atoms with E-state index in [-0.39, 0.29) is 5.60 Å². The molecular formula is C19H31N3O. The van der Waals surface area contributed by atoms with Crippen LogP contribution in [0.25, 0.3) is 0 Å². The Kier molecular flexibility index (Phi) is 5.34. The Morgan fingerprint density at radius 2 is 2.17 bits per heavy atom. The first-order chi connectivity index (χ1) is 11.1. The van der Waals surface area contributed by atoms with Gasteiger partial charge in [-0.3, -0.25) is 9.88 Å². The topological polar surface area (TPSA) is 28.6 Å². The van der Waals surface area contributed by atoms with E-state index >= 15 is 0 Å². The van der Waals surface area contributed by atoms with Gasteiger partial charge in [0, 0.05) is 38.5 Å². The van der Waals surface area contributed by atoms with Crippen molar-refractivity contribution in [1.82, 2.24) is 14.8 Å². The van der Waals surface area contributed by atoms with E-state index in [1.54, 1.807) is 0 Å². The maximum atomic E-state index is 6.28. The molecule has 0 aromatic carbocycles. The first-order valence-electron chi connectivity index (χ1n) is 9.09. The fraction of sp³-hybridized carbons (Fsp3) is 0.737. The molecule has 0 radical (unpaired) electrons. The van der Waals surface area contributed by atoms with Crippen molar-refractivity contribution in [2.75, 3.05) is 33.3 Å². The highest BCUT2D eigenvalue weighted by molar-refractivity contribution is 5.17. The zero-order chi connectivity index (χ0) is 16.3. The molecule has 128 valence electrons. The molecule has 1 atom stereocenters. The number of ether oxygens (including phenoxy) is 1. The minimum absolute atomic E-state index is 0.127. The van der Waals surface area contributed by atoms with Gasteiger partial charge < -0.3 is 9.64 Å². The minimum Gasteiger partial charge on any atom is -0.375 e. The number of aryl methyl sites for hydroxylation is 1. The molecule has 23 heavy (non-hydrogen) atoms. The Bertz CT molecular complexity index is 511. The number of piperidine rings is 1. The summed E-state index contributed by atoms with van der Waals surface area (Å²) in [5.74, 6) is 0. The van der Waals surface area contributed by atoms with Crippen molar-refractivity contribution in [1.29, 1.82) is 0 Å². The highest BCUT2D eigenvalue weighted by Gasteiger charge is 2.41. The van der Waals surface area contributed by atoms with Crippen molar-refractivity contribution in [3.63, 3.8) is 0 Å². The van der Waals surface area contributed by atoms with Crippen LogP contribution in [0.5, 0.6) is 0 Å². The summed E-state index contributed by atoms with van der Waals surface area (Å²) in [6.45, 7) is 9.72. The molecule has 2 aliphatic rings. The van der Waals surface area contributed by atoms with Crippen molar-refractivity contribution < 1.29 is 4.74 Å². The van der Waals surface area contributed by atoms with Gasteiger partial charge in [-0.1, -0.05) is 13.0 Å². The molecule has 2 aliphatic heterocycles. The molecule has 4 nitrogen and oxygen atoms in total. The van der Waals surface area contributed by atoms with Crippen LogP contribution in [0.1, 0.15) is 43.9 Å². The van der Waals surface area contributed by atoms with Gasteiger partial charge in [-0.2, -0.15) is 0 Å². The average Bonchev–Trinajstić information content (AvgIpc) is 2.57. The van der Waals surface area contributed by atoms with Gasteiger partial charge in [-0.25, -0.2) is 0 Å². The second-order valence-corrected chi connectivity index (χ2v) is 7.31. The number of hydrogen-bond donors (Lipinski definition) is 0. The second kappa shape index (κ2) is 7.29. The molecule has 0 amide bonds. The smallest absolute Gasteiger partial charge is 0.0721 e. The number of pyridine rings is 1. The molecule has 4 heteroatoms. The van der Waals surface area contributed by atoms with Gasteiger partial charge in [-0.05, 0) is 57.8 Å². The van der Waals surface area contributed by atoms with Crippen LogP contribution in [0, 0.1) is 6.92 Å². The van der Waals surface area contributed by atoms with Gasteiger partial charge in [0.1, 0.15) is 0 Å². The van der Waals surface area contributed by atoms with Gasteiger partial charge in [0.05, 0.1) is 11.3 Å². The van der Waals surface area contributed by atoms with E-state index in [1.807, 2.05) is 12.3 Å². The zero-order valence-electron chi connectivity index (χ0n) is 14.9. The van der Waals surface area contributed by atoms with E-state index in [0.29, 0.717) is 6.04 Å². The molecule has 3 rings (SSSR count). The molecule has 0 bridgehead atoms. The summed E-state index contributed by atoms with van der Waals surface area (Å²) < 4.78 is 6.28.